The molecular weight excluding hydrogens is 416 g/mol. The number of methoxy groups -OCH3 is 2. The number of aromatic nitrogens is 2. The number of rotatable bonds is 9. The highest BCUT2D eigenvalue weighted by molar-refractivity contribution is 9.10. The first-order chi connectivity index (χ1) is 13.2. The van der Waals surface area contributed by atoms with E-state index < -0.39 is 0 Å². The first-order valence-electron chi connectivity index (χ1n) is 9.11. The van der Waals surface area contributed by atoms with Crippen LogP contribution in [-0.4, -0.2) is 94.1 Å². The Morgan fingerprint density at radius 2 is 2.00 bits per heavy atom. The van der Waals surface area contributed by atoms with Crippen molar-refractivity contribution in [1.29, 1.82) is 0 Å². The molecule has 0 aromatic carbocycles. The second kappa shape index (κ2) is 11.9. The van der Waals surface area contributed by atoms with Crippen LogP contribution < -0.4 is 15.0 Å². The van der Waals surface area contributed by atoms with E-state index in [9.17, 15) is 0 Å². The lowest BCUT2D eigenvalue weighted by atomic mass is 10.3. The molecule has 2 rings (SSSR count). The zero-order chi connectivity index (χ0) is 19.5. The lowest BCUT2D eigenvalue weighted by molar-refractivity contribution is 0.0747. The predicted octanol–water partition coefficient (Wildman–Crippen LogP) is 0.998. The Labute approximate surface area is 169 Å². The fraction of sp³-hybridized carbons (Fsp3) is 0.706. The van der Waals surface area contributed by atoms with Gasteiger partial charge in [-0.3, -0.25) is 4.99 Å². The highest BCUT2D eigenvalue weighted by Gasteiger charge is 2.22. The van der Waals surface area contributed by atoms with E-state index in [1.807, 2.05) is 0 Å². The van der Waals surface area contributed by atoms with Crippen LogP contribution in [0.2, 0.25) is 0 Å². The molecule has 0 amide bonds. The Bertz CT molecular complexity index is 596. The van der Waals surface area contributed by atoms with E-state index in [0.717, 1.165) is 43.2 Å². The van der Waals surface area contributed by atoms with Crippen molar-refractivity contribution in [3.8, 4) is 5.88 Å². The standard InChI is InChI=1S/C17H29BrN6O3/c1-4-19-16(20-5-10-27-12-11-25-2)23-6-8-24(9-7-23)17-21-13-14(18)15(22-17)26-3/h13H,4-12H2,1-3H3,(H,19,20). The van der Waals surface area contributed by atoms with E-state index in [2.05, 4.69) is 52.9 Å². The van der Waals surface area contributed by atoms with Gasteiger partial charge >= 0.3 is 0 Å². The number of halogens is 1. The van der Waals surface area contributed by atoms with Crippen molar-refractivity contribution >= 4 is 27.8 Å². The molecule has 0 bridgehead atoms. The number of aliphatic imine (C=N–C) groups is 1. The van der Waals surface area contributed by atoms with Gasteiger partial charge in [-0.25, -0.2) is 4.98 Å². The van der Waals surface area contributed by atoms with Gasteiger partial charge in [-0.2, -0.15) is 4.98 Å². The van der Waals surface area contributed by atoms with E-state index in [1.54, 1.807) is 20.4 Å². The van der Waals surface area contributed by atoms with Gasteiger partial charge in [-0.15, -0.1) is 0 Å². The lowest BCUT2D eigenvalue weighted by Crippen LogP contribution is -2.53. The number of guanidine groups is 1. The Hall–Kier alpha value is -1.65. The minimum Gasteiger partial charge on any atom is -0.480 e. The molecule has 0 saturated carbocycles. The first kappa shape index (κ1) is 21.6. The number of nitrogens with one attached hydrogen (secondary N) is 1. The molecule has 152 valence electrons. The average molecular weight is 445 g/mol. The molecule has 0 unspecified atom stereocenters. The summed E-state index contributed by atoms with van der Waals surface area (Å²) < 4.78 is 16.5. The molecule has 1 aromatic rings. The molecule has 0 aliphatic carbocycles. The van der Waals surface area contributed by atoms with Crippen LogP contribution >= 0.6 is 15.9 Å². The normalized spacial score (nSPS) is 15.2. The number of piperazine rings is 1. The third-order valence-electron chi connectivity index (χ3n) is 4.02. The molecule has 2 heterocycles. The van der Waals surface area contributed by atoms with Gasteiger partial charge in [0.05, 0.1) is 44.1 Å². The molecule has 1 fully saturated rings. The monoisotopic (exact) mass is 444 g/mol. The maximum atomic E-state index is 5.48. The van der Waals surface area contributed by atoms with Crippen LogP contribution in [0.1, 0.15) is 6.92 Å². The van der Waals surface area contributed by atoms with Gasteiger partial charge in [0, 0.05) is 39.8 Å². The zero-order valence-corrected chi connectivity index (χ0v) is 17.9. The van der Waals surface area contributed by atoms with Crippen LogP contribution in [-0.2, 0) is 9.47 Å². The molecule has 27 heavy (non-hydrogen) atoms. The maximum absolute atomic E-state index is 5.48. The molecule has 10 heteroatoms. The number of hydrogen-bond acceptors (Lipinski definition) is 7. The Balaban J connectivity index is 1.87. The maximum Gasteiger partial charge on any atom is 0.232 e. The largest absolute Gasteiger partial charge is 0.480 e. The summed E-state index contributed by atoms with van der Waals surface area (Å²) in [6, 6.07) is 0. The van der Waals surface area contributed by atoms with Crippen molar-refractivity contribution in [3.63, 3.8) is 0 Å². The van der Waals surface area contributed by atoms with Gasteiger partial charge in [0.25, 0.3) is 0 Å². The third kappa shape index (κ3) is 6.78. The Morgan fingerprint density at radius 1 is 1.22 bits per heavy atom. The Morgan fingerprint density at radius 3 is 2.67 bits per heavy atom. The third-order valence-corrected chi connectivity index (χ3v) is 4.56. The average Bonchev–Trinajstić information content (AvgIpc) is 2.70. The van der Waals surface area contributed by atoms with Gasteiger partial charge in [0.15, 0.2) is 5.96 Å². The van der Waals surface area contributed by atoms with Crippen LogP contribution in [0.15, 0.2) is 15.7 Å². The number of hydrogen-bond donors (Lipinski definition) is 1. The number of anilines is 1. The molecule has 1 aromatic heterocycles. The molecular formula is C17H29BrN6O3. The van der Waals surface area contributed by atoms with Gasteiger partial charge in [-0.05, 0) is 22.9 Å². The van der Waals surface area contributed by atoms with Crippen molar-refractivity contribution in [3.05, 3.63) is 10.7 Å². The summed E-state index contributed by atoms with van der Waals surface area (Å²) in [7, 11) is 3.27. The summed E-state index contributed by atoms with van der Waals surface area (Å²) in [5.74, 6) is 2.15. The van der Waals surface area contributed by atoms with Crippen molar-refractivity contribution in [2.24, 2.45) is 4.99 Å². The van der Waals surface area contributed by atoms with Crippen molar-refractivity contribution in [2.75, 3.05) is 78.2 Å². The highest BCUT2D eigenvalue weighted by atomic mass is 79.9. The molecule has 0 radical (unpaired) electrons. The minimum absolute atomic E-state index is 0.547. The van der Waals surface area contributed by atoms with Crippen molar-refractivity contribution in [2.45, 2.75) is 6.92 Å². The number of nitrogens with zero attached hydrogens (tertiary/aromatic N) is 5. The fourth-order valence-electron chi connectivity index (χ4n) is 2.64. The summed E-state index contributed by atoms with van der Waals surface area (Å²) in [4.78, 5) is 17.9. The molecule has 1 saturated heterocycles. The van der Waals surface area contributed by atoms with Crippen LogP contribution in [0.3, 0.4) is 0 Å². The number of ether oxygens (including phenoxy) is 3. The summed E-state index contributed by atoms with van der Waals surface area (Å²) in [6.45, 7) is 8.64. The van der Waals surface area contributed by atoms with E-state index in [0.29, 0.717) is 38.2 Å². The molecule has 0 atom stereocenters. The predicted molar refractivity (Wildman–Crippen MR) is 109 cm³/mol. The summed E-state index contributed by atoms with van der Waals surface area (Å²) >= 11 is 3.39. The molecule has 1 aliphatic heterocycles. The molecule has 1 N–H and O–H groups in total. The summed E-state index contributed by atoms with van der Waals surface area (Å²) in [5.41, 5.74) is 0. The van der Waals surface area contributed by atoms with Gasteiger partial charge in [0.2, 0.25) is 11.8 Å². The lowest BCUT2D eigenvalue weighted by Gasteiger charge is -2.36. The SMILES string of the molecule is CCNC(=NCCOCCOC)N1CCN(c2ncc(Br)c(OC)n2)CC1. The van der Waals surface area contributed by atoms with Crippen molar-refractivity contribution < 1.29 is 14.2 Å². The second-order valence-corrected chi connectivity index (χ2v) is 6.70. The molecule has 9 nitrogen and oxygen atoms in total. The fourth-order valence-corrected chi connectivity index (χ4v) is 3.00. The van der Waals surface area contributed by atoms with E-state index in [-0.39, 0.29) is 0 Å². The Kier molecular flexibility index (Phi) is 9.57. The minimum atomic E-state index is 0.547. The van der Waals surface area contributed by atoms with E-state index >= 15 is 0 Å². The second-order valence-electron chi connectivity index (χ2n) is 5.84. The quantitative estimate of drug-likeness (QED) is 0.343. The first-order valence-corrected chi connectivity index (χ1v) is 9.90. The van der Waals surface area contributed by atoms with E-state index in [4.69, 9.17) is 14.2 Å². The molecule has 1 aliphatic rings. The summed E-state index contributed by atoms with van der Waals surface area (Å²) in [6.07, 6.45) is 1.72. The zero-order valence-electron chi connectivity index (χ0n) is 16.3. The molecule has 0 spiro atoms. The van der Waals surface area contributed by atoms with Gasteiger partial charge in [-0.1, -0.05) is 0 Å². The smallest absolute Gasteiger partial charge is 0.232 e. The van der Waals surface area contributed by atoms with Crippen LogP contribution in [0.4, 0.5) is 5.95 Å². The van der Waals surface area contributed by atoms with E-state index in [1.165, 1.54) is 0 Å². The van der Waals surface area contributed by atoms with Crippen molar-refractivity contribution in [1.82, 2.24) is 20.2 Å². The van der Waals surface area contributed by atoms with Gasteiger partial charge < -0.3 is 29.3 Å². The topological polar surface area (TPSA) is 84.3 Å². The van der Waals surface area contributed by atoms with Crippen LogP contribution in [0.5, 0.6) is 5.88 Å². The van der Waals surface area contributed by atoms with Crippen LogP contribution in [0, 0.1) is 0 Å². The highest BCUT2D eigenvalue weighted by Crippen LogP contribution is 2.23. The van der Waals surface area contributed by atoms with Gasteiger partial charge in [0.1, 0.15) is 0 Å². The van der Waals surface area contributed by atoms with Crippen LogP contribution in [0.25, 0.3) is 0 Å². The summed E-state index contributed by atoms with van der Waals surface area (Å²) in [5, 5.41) is 3.35.